The molecule has 0 aromatic heterocycles. The van der Waals surface area contributed by atoms with Gasteiger partial charge in [0.25, 0.3) is 0 Å². The normalized spacial score (nSPS) is 25.1. The van der Waals surface area contributed by atoms with Crippen LogP contribution < -0.4 is 0 Å². The largest absolute Gasteiger partial charge is 0.472 e. The van der Waals surface area contributed by atoms with Crippen LogP contribution in [0.1, 0.15) is 420 Å². The number of unbranched alkanes of at least 4 members (excludes halogenated alkanes) is 48. The van der Waals surface area contributed by atoms with Gasteiger partial charge in [-0.1, -0.05) is 355 Å². The minimum atomic E-state index is -5.81. The first-order valence-electron chi connectivity index (χ1n) is 48.3. The van der Waals surface area contributed by atoms with Gasteiger partial charge in [-0.2, -0.15) is 0 Å². The highest BCUT2D eigenvalue weighted by molar-refractivity contribution is 7.47. The highest BCUT2D eigenvalue weighted by Gasteiger charge is 2.60. The zero-order valence-corrected chi connectivity index (χ0v) is 75.7. The van der Waals surface area contributed by atoms with Gasteiger partial charge in [0.15, 0.2) is 24.8 Å². The zero-order valence-electron chi connectivity index (χ0n) is 74.8. The van der Waals surface area contributed by atoms with E-state index in [4.69, 9.17) is 46.9 Å². The van der Waals surface area contributed by atoms with Crippen LogP contribution in [-0.4, -0.2) is 205 Å². The summed E-state index contributed by atoms with van der Waals surface area (Å²) >= 11 is 0. The average Bonchev–Trinajstić information content (AvgIpc) is 0.754. The predicted octanol–water partition coefficient (Wildman–Crippen LogP) is 18.2. The molecule has 119 heavy (non-hydrogen) atoms. The molecule has 0 amide bonds. The van der Waals surface area contributed by atoms with Crippen molar-refractivity contribution in [3.8, 4) is 0 Å². The fourth-order valence-electron chi connectivity index (χ4n) is 16.1. The topological polar surface area (TPSA) is 380 Å². The molecule has 1 aliphatic carbocycles. The van der Waals surface area contributed by atoms with Gasteiger partial charge in [-0.05, 0) is 57.3 Å². The summed E-state index contributed by atoms with van der Waals surface area (Å²) in [5.74, 6) is -2.27. The number of hydrogen-bond donors (Lipinski definition) is 10. The summed E-state index contributed by atoms with van der Waals surface area (Å²) in [6.45, 7) is 7.93. The first-order chi connectivity index (χ1) is 57.6. The number of carbonyl (C=O) groups excluding carboxylic acids is 4. The van der Waals surface area contributed by atoms with E-state index in [1.54, 1.807) is 0 Å². The molecule has 3 fully saturated rings. The van der Waals surface area contributed by atoms with E-state index in [0.29, 0.717) is 38.0 Å². The molecule has 10 N–H and O–H groups in total. The molecule has 25 nitrogen and oxygen atoms in total. The number of aliphatic hydroxyl groups excluding tert-OH is 9. The number of aliphatic hydroxyl groups is 9. The smallest absolute Gasteiger partial charge is 0.463 e. The second kappa shape index (κ2) is 71.3. The molecule has 19 atom stereocenters. The van der Waals surface area contributed by atoms with E-state index >= 15 is 0 Å². The van der Waals surface area contributed by atoms with Gasteiger partial charge < -0.3 is 88.7 Å². The summed E-state index contributed by atoms with van der Waals surface area (Å²) in [6.07, 6.45) is 29.1. The minimum absolute atomic E-state index is 0.0161. The summed E-state index contributed by atoms with van der Waals surface area (Å²) in [4.78, 5) is 66.6. The van der Waals surface area contributed by atoms with E-state index in [0.717, 1.165) is 148 Å². The minimum Gasteiger partial charge on any atom is -0.463 e. The highest BCUT2D eigenvalue weighted by Crippen LogP contribution is 2.49. The summed E-state index contributed by atoms with van der Waals surface area (Å²) in [6, 6.07) is 0. The van der Waals surface area contributed by atoms with E-state index in [1.165, 1.54) is 180 Å². The Hall–Kier alpha value is -2.79. The van der Waals surface area contributed by atoms with E-state index in [-0.39, 0.29) is 25.7 Å². The van der Waals surface area contributed by atoms with E-state index in [9.17, 15) is 74.6 Å². The number of esters is 4. The summed E-state index contributed by atoms with van der Waals surface area (Å²) in [5.41, 5.74) is 0. The standard InChI is InChI=1S/C93H173O25P/c1-6-10-14-18-22-25-28-31-33-35-38-41-43-46-54-60-66-78(97)112-73(69-109-76(95)64-58-52-45-42-39-37-34-32-29-26-23-19-15-11-7-2)70-111-119(107,108)118-91-89(116-92-86(105)82(101)80(99)74(68-94)113-92)85(104)84(103)88(115-79(98)67-61-55-47-44-40-36-30-27-24-20-16-12-8-3)90(91)117-93-87(106)83(102)81(100)75(114-93)71-110-77(96)65-59-53-49-48-51-57-63-72(5)62-56-50-21-17-13-9-4/h26,29,72-75,80-94,99-106H,6-25,27-28,30-71H2,1-5H3,(H,107,108)/b29-26-. The number of phosphoric ester groups is 1. The van der Waals surface area contributed by atoms with Crippen LogP contribution in [-0.2, 0) is 70.7 Å². The molecule has 26 heteroatoms. The van der Waals surface area contributed by atoms with Crippen LogP contribution in [0.15, 0.2) is 12.2 Å². The number of hydrogen-bond acceptors (Lipinski definition) is 24. The van der Waals surface area contributed by atoms with Gasteiger partial charge in [-0.15, -0.1) is 0 Å². The lowest BCUT2D eigenvalue weighted by molar-refractivity contribution is -0.360. The van der Waals surface area contributed by atoms with Crippen LogP contribution in [0.25, 0.3) is 0 Å². The van der Waals surface area contributed by atoms with Crippen molar-refractivity contribution in [3.05, 3.63) is 12.2 Å². The van der Waals surface area contributed by atoms with Gasteiger partial charge in [0.05, 0.1) is 13.2 Å². The van der Waals surface area contributed by atoms with Crippen LogP contribution in [0.2, 0.25) is 0 Å². The van der Waals surface area contributed by atoms with Crippen LogP contribution in [0, 0.1) is 5.92 Å². The van der Waals surface area contributed by atoms with Crippen LogP contribution in [0.5, 0.6) is 0 Å². The van der Waals surface area contributed by atoms with E-state index in [1.807, 2.05) is 0 Å². The van der Waals surface area contributed by atoms with Crippen molar-refractivity contribution in [3.63, 3.8) is 0 Å². The number of phosphoric acid groups is 1. The van der Waals surface area contributed by atoms with Crippen molar-refractivity contribution in [1.29, 1.82) is 0 Å². The Morgan fingerprint density at radius 3 is 1.09 bits per heavy atom. The van der Waals surface area contributed by atoms with Gasteiger partial charge in [-0.25, -0.2) is 4.57 Å². The van der Waals surface area contributed by atoms with Crippen molar-refractivity contribution < 1.29 is 122 Å². The highest BCUT2D eigenvalue weighted by atomic mass is 31.2. The third-order valence-corrected chi connectivity index (χ3v) is 24.9. The molecular formula is C93H173O25P. The molecule has 2 aliphatic heterocycles. The van der Waals surface area contributed by atoms with Crippen molar-refractivity contribution in [2.45, 2.75) is 524 Å². The number of carbonyl (C=O) groups is 4. The Morgan fingerprint density at radius 1 is 0.353 bits per heavy atom. The molecular weight excluding hydrogens is 1550 g/mol. The van der Waals surface area contributed by atoms with Crippen molar-refractivity contribution >= 4 is 31.7 Å². The second-order valence-corrected chi connectivity index (χ2v) is 36.3. The lowest BCUT2D eigenvalue weighted by atomic mass is 9.84. The molecule has 1 saturated carbocycles. The summed E-state index contributed by atoms with van der Waals surface area (Å²) < 4.78 is 73.5. The SMILES string of the molecule is CCCCCC/C=C\CCCCCCCCCC(=O)OCC(COP(=O)(O)OC1C(OC2OC(CO)C(O)C(O)C2O)C(O)C(O)C(OC(=O)CCCCCCCCCCCCCCC)C1OC1OC(COC(=O)CCCCCCCCC(C)CCCCCCCC)C(O)C(O)C1O)OC(=O)CCCCCCCCCCCCCCCCCC. The maximum atomic E-state index is 14.9. The Morgan fingerprint density at radius 2 is 0.681 bits per heavy atom. The van der Waals surface area contributed by atoms with Crippen LogP contribution >= 0.6 is 7.82 Å². The van der Waals surface area contributed by atoms with Gasteiger partial charge >= 0.3 is 31.7 Å². The van der Waals surface area contributed by atoms with Crippen molar-refractivity contribution in [1.82, 2.24) is 0 Å². The number of ether oxygens (including phenoxy) is 8. The molecule has 19 unspecified atom stereocenters. The quantitative estimate of drug-likeness (QED) is 0.00889. The van der Waals surface area contributed by atoms with E-state index < -0.39 is 162 Å². The van der Waals surface area contributed by atoms with Gasteiger partial charge in [-0.3, -0.25) is 28.2 Å². The third kappa shape index (κ3) is 51.6. The van der Waals surface area contributed by atoms with Gasteiger partial charge in [0.2, 0.25) is 0 Å². The molecule has 0 aromatic carbocycles. The lowest BCUT2D eigenvalue weighted by Gasteiger charge is -2.50. The average molecular weight is 1720 g/mol. The molecule has 2 heterocycles. The fourth-order valence-corrected chi connectivity index (χ4v) is 17.1. The Balaban J connectivity index is 1.91. The summed E-state index contributed by atoms with van der Waals surface area (Å²) in [5, 5.41) is 102. The zero-order chi connectivity index (χ0) is 86.9. The summed E-state index contributed by atoms with van der Waals surface area (Å²) in [7, 11) is -5.81. The van der Waals surface area contributed by atoms with Crippen molar-refractivity contribution in [2.75, 3.05) is 26.4 Å². The first kappa shape index (κ1) is 110. The van der Waals surface area contributed by atoms with Gasteiger partial charge in [0.1, 0.15) is 92.6 Å². The Labute approximate surface area is 718 Å². The Kier molecular flexibility index (Phi) is 66.1. The fraction of sp³-hybridized carbons (Fsp3) is 0.935. The maximum absolute atomic E-state index is 14.9. The first-order valence-corrected chi connectivity index (χ1v) is 49.8. The third-order valence-electron chi connectivity index (χ3n) is 23.9. The molecule has 0 bridgehead atoms. The Bertz CT molecular complexity index is 2530. The molecule has 0 aromatic rings. The lowest BCUT2D eigenvalue weighted by Crippen LogP contribution is -2.70. The van der Waals surface area contributed by atoms with Crippen LogP contribution in [0.3, 0.4) is 0 Å². The van der Waals surface area contributed by atoms with Gasteiger partial charge in [0, 0.05) is 25.7 Å². The number of allylic oxidation sites excluding steroid dienone is 2. The van der Waals surface area contributed by atoms with Crippen LogP contribution in [0.4, 0.5) is 0 Å². The molecule has 2 saturated heterocycles. The molecule has 3 rings (SSSR count). The second-order valence-electron chi connectivity index (χ2n) is 34.9. The number of rotatable bonds is 78. The maximum Gasteiger partial charge on any atom is 0.472 e. The molecule has 0 radical (unpaired) electrons. The van der Waals surface area contributed by atoms with Crippen molar-refractivity contribution in [2.24, 2.45) is 5.92 Å². The monoisotopic (exact) mass is 1720 g/mol. The van der Waals surface area contributed by atoms with E-state index in [2.05, 4.69) is 46.8 Å². The predicted molar refractivity (Wildman–Crippen MR) is 463 cm³/mol. The molecule has 3 aliphatic rings. The molecule has 700 valence electrons. The molecule has 0 spiro atoms.